The summed E-state index contributed by atoms with van der Waals surface area (Å²) in [6.45, 7) is 6.53. The minimum absolute atomic E-state index is 0.947. The molecular formula is C5H12N2. The third-order valence-electron chi connectivity index (χ3n) is 0.681. The van der Waals surface area contributed by atoms with Crippen LogP contribution in [0.15, 0.2) is 12.8 Å². The van der Waals surface area contributed by atoms with Crippen molar-refractivity contribution in [1.82, 2.24) is 10.4 Å². The third kappa shape index (κ3) is 3.33. The zero-order valence-corrected chi connectivity index (χ0v) is 4.94. The van der Waals surface area contributed by atoms with Gasteiger partial charge in [-0.25, -0.2) is 5.43 Å². The highest BCUT2D eigenvalue weighted by atomic mass is 15.5. The van der Waals surface area contributed by atoms with Crippen LogP contribution in [-0.2, 0) is 0 Å². The van der Waals surface area contributed by atoms with Crippen LogP contribution in [0, 0.1) is 0 Å². The molecule has 0 bridgehead atoms. The van der Waals surface area contributed by atoms with Gasteiger partial charge in [0.25, 0.3) is 0 Å². The Bertz CT molecular complexity index is 52.0. The van der Waals surface area contributed by atoms with Gasteiger partial charge < -0.3 is 5.01 Å². The molecule has 1 N–H and O–H groups in total. The van der Waals surface area contributed by atoms with Crippen LogP contribution in [-0.4, -0.2) is 18.6 Å². The average molecular weight is 100 g/mol. The van der Waals surface area contributed by atoms with Gasteiger partial charge in [0.1, 0.15) is 0 Å². The van der Waals surface area contributed by atoms with Crippen LogP contribution in [0.5, 0.6) is 0 Å². The highest BCUT2D eigenvalue weighted by Gasteiger charge is 1.77. The van der Waals surface area contributed by atoms with Crippen molar-refractivity contribution in [2.45, 2.75) is 6.92 Å². The van der Waals surface area contributed by atoms with E-state index in [-0.39, 0.29) is 0 Å². The maximum atomic E-state index is 3.54. The van der Waals surface area contributed by atoms with Crippen molar-refractivity contribution >= 4 is 0 Å². The molecule has 7 heavy (non-hydrogen) atoms. The topological polar surface area (TPSA) is 15.3 Å². The standard InChI is InChI=1S/C5H12N2/c1-4-6-7(3)5-2/h5-6H,2,4H2,1,3H3. The molecule has 2 heteroatoms. The van der Waals surface area contributed by atoms with Crippen LogP contribution in [0.3, 0.4) is 0 Å². The summed E-state index contributed by atoms with van der Waals surface area (Å²) < 4.78 is 0. The predicted octanol–water partition coefficient (Wildman–Crippen LogP) is 0.586. The molecule has 0 saturated heterocycles. The molecule has 0 fully saturated rings. The summed E-state index contributed by atoms with van der Waals surface area (Å²) >= 11 is 0. The van der Waals surface area contributed by atoms with Gasteiger partial charge in [-0.2, -0.15) is 0 Å². The number of nitrogens with one attached hydrogen (secondary N) is 1. The maximum Gasteiger partial charge on any atom is 0.0225 e. The molecule has 0 aromatic rings. The molecule has 0 spiro atoms. The van der Waals surface area contributed by atoms with Crippen molar-refractivity contribution in [3.05, 3.63) is 12.8 Å². The van der Waals surface area contributed by atoms with E-state index in [0.29, 0.717) is 0 Å². The highest BCUT2D eigenvalue weighted by molar-refractivity contribution is 4.60. The van der Waals surface area contributed by atoms with Crippen molar-refractivity contribution in [2.75, 3.05) is 13.6 Å². The molecule has 0 radical (unpaired) electrons. The van der Waals surface area contributed by atoms with Crippen LogP contribution < -0.4 is 5.43 Å². The highest BCUT2D eigenvalue weighted by Crippen LogP contribution is 1.68. The molecule has 0 aliphatic rings. The second-order valence-electron chi connectivity index (χ2n) is 1.31. The summed E-state index contributed by atoms with van der Waals surface area (Å²) in [5.74, 6) is 0. The maximum absolute atomic E-state index is 3.54. The quantitative estimate of drug-likeness (QED) is 0.522. The molecule has 0 atom stereocenters. The summed E-state index contributed by atoms with van der Waals surface area (Å²) in [6.07, 6.45) is 1.73. The lowest BCUT2D eigenvalue weighted by molar-refractivity contribution is 0.339. The van der Waals surface area contributed by atoms with E-state index in [4.69, 9.17) is 0 Å². The monoisotopic (exact) mass is 100 g/mol. The average Bonchev–Trinajstić information content (AvgIpc) is 1.68. The molecule has 0 amide bonds. The van der Waals surface area contributed by atoms with Crippen LogP contribution in [0.4, 0.5) is 0 Å². The Balaban J connectivity index is 2.98. The number of hydrazine groups is 1. The van der Waals surface area contributed by atoms with Gasteiger partial charge in [0.05, 0.1) is 0 Å². The van der Waals surface area contributed by atoms with Gasteiger partial charge in [0, 0.05) is 19.8 Å². The van der Waals surface area contributed by atoms with Gasteiger partial charge in [-0.15, -0.1) is 0 Å². The van der Waals surface area contributed by atoms with Crippen molar-refractivity contribution in [2.24, 2.45) is 0 Å². The van der Waals surface area contributed by atoms with E-state index in [1.165, 1.54) is 0 Å². The number of hydrogen-bond donors (Lipinski definition) is 1. The van der Waals surface area contributed by atoms with Crippen molar-refractivity contribution in [1.29, 1.82) is 0 Å². The minimum atomic E-state index is 0.947. The molecule has 2 nitrogen and oxygen atoms in total. The summed E-state index contributed by atoms with van der Waals surface area (Å²) in [4.78, 5) is 0. The SMILES string of the molecule is C=CN(C)NCC. The zero-order chi connectivity index (χ0) is 5.70. The third-order valence-corrected chi connectivity index (χ3v) is 0.681. The van der Waals surface area contributed by atoms with Crippen LogP contribution in [0.2, 0.25) is 0 Å². The molecule has 0 saturated carbocycles. The first-order valence-electron chi connectivity index (χ1n) is 2.40. The second kappa shape index (κ2) is 3.68. The number of nitrogens with zero attached hydrogens (tertiary/aromatic N) is 1. The van der Waals surface area contributed by atoms with Gasteiger partial charge in [0.2, 0.25) is 0 Å². The molecule has 0 heterocycles. The summed E-state index contributed by atoms with van der Waals surface area (Å²) in [7, 11) is 1.91. The Kier molecular flexibility index (Phi) is 3.42. The van der Waals surface area contributed by atoms with E-state index in [0.717, 1.165) is 6.54 Å². The molecule has 0 aromatic heterocycles. The fourth-order valence-electron chi connectivity index (χ4n) is 0.314. The Morgan fingerprint density at radius 2 is 2.43 bits per heavy atom. The van der Waals surface area contributed by atoms with Gasteiger partial charge in [-0.05, 0) is 0 Å². The fraction of sp³-hybridized carbons (Fsp3) is 0.600. The fourth-order valence-corrected chi connectivity index (χ4v) is 0.314. The van der Waals surface area contributed by atoms with E-state index in [1.54, 1.807) is 6.20 Å². The normalized spacial score (nSPS) is 8.29. The predicted molar refractivity (Wildman–Crippen MR) is 31.6 cm³/mol. The van der Waals surface area contributed by atoms with E-state index < -0.39 is 0 Å². The Morgan fingerprint density at radius 3 is 2.57 bits per heavy atom. The molecule has 0 rings (SSSR count). The van der Waals surface area contributed by atoms with E-state index in [2.05, 4.69) is 12.0 Å². The summed E-state index contributed by atoms with van der Waals surface area (Å²) in [5, 5.41) is 1.82. The Hall–Kier alpha value is -0.500. The first-order valence-corrected chi connectivity index (χ1v) is 2.40. The summed E-state index contributed by atoms with van der Waals surface area (Å²) in [5.41, 5.74) is 3.01. The molecule has 42 valence electrons. The zero-order valence-electron chi connectivity index (χ0n) is 4.94. The van der Waals surface area contributed by atoms with Crippen molar-refractivity contribution in [3.63, 3.8) is 0 Å². The van der Waals surface area contributed by atoms with Crippen molar-refractivity contribution < 1.29 is 0 Å². The molecule has 0 aliphatic heterocycles. The van der Waals surface area contributed by atoms with E-state index in [1.807, 2.05) is 19.0 Å². The largest absolute Gasteiger partial charge is 0.319 e. The van der Waals surface area contributed by atoms with E-state index >= 15 is 0 Å². The Morgan fingerprint density at radius 1 is 1.86 bits per heavy atom. The number of hydrogen-bond acceptors (Lipinski definition) is 2. The molecular weight excluding hydrogens is 88.1 g/mol. The first-order chi connectivity index (χ1) is 3.31. The van der Waals surface area contributed by atoms with Gasteiger partial charge >= 0.3 is 0 Å². The van der Waals surface area contributed by atoms with Gasteiger partial charge in [0.15, 0.2) is 0 Å². The van der Waals surface area contributed by atoms with Crippen LogP contribution in [0.25, 0.3) is 0 Å². The van der Waals surface area contributed by atoms with Gasteiger partial charge in [-0.1, -0.05) is 13.5 Å². The van der Waals surface area contributed by atoms with Gasteiger partial charge in [-0.3, -0.25) is 0 Å². The molecule has 0 aliphatic carbocycles. The lowest BCUT2D eigenvalue weighted by Crippen LogP contribution is -2.28. The number of rotatable bonds is 3. The summed E-state index contributed by atoms with van der Waals surface area (Å²) in [6, 6.07) is 0. The second-order valence-corrected chi connectivity index (χ2v) is 1.31. The van der Waals surface area contributed by atoms with Crippen LogP contribution >= 0.6 is 0 Å². The van der Waals surface area contributed by atoms with E-state index in [9.17, 15) is 0 Å². The lowest BCUT2D eigenvalue weighted by atomic mass is 10.8. The van der Waals surface area contributed by atoms with Crippen LogP contribution in [0.1, 0.15) is 6.92 Å². The molecule has 0 unspecified atom stereocenters. The smallest absolute Gasteiger partial charge is 0.0225 e. The minimum Gasteiger partial charge on any atom is -0.319 e. The Labute approximate surface area is 44.8 Å². The van der Waals surface area contributed by atoms with Crippen molar-refractivity contribution in [3.8, 4) is 0 Å². The molecule has 0 aromatic carbocycles. The first kappa shape index (κ1) is 6.50. The lowest BCUT2D eigenvalue weighted by Gasteiger charge is -2.11.